The average molecular weight is 302 g/mol. The fourth-order valence-corrected chi connectivity index (χ4v) is 2.82. The first-order chi connectivity index (χ1) is 8.15. The lowest BCUT2D eigenvalue weighted by Gasteiger charge is -2.28. The van der Waals surface area contributed by atoms with E-state index in [1.165, 1.54) is 12.1 Å². The molecule has 0 radical (unpaired) electrons. The molecule has 2 atom stereocenters. The zero-order valence-corrected chi connectivity index (χ0v) is 11.2. The highest BCUT2D eigenvalue weighted by Gasteiger charge is 2.22. The highest BCUT2D eigenvalue weighted by atomic mass is 79.9. The van der Waals surface area contributed by atoms with E-state index in [2.05, 4.69) is 21.2 Å². The summed E-state index contributed by atoms with van der Waals surface area (Å²) in [5, 5.41) is 13.1. The van der Waals surface area contributed by atoms with Crippen molar-refractivity contribution in [2.75, 3.05) is 0 Å². The second-order valence-electron chi connectivity index (χ2n) is 4.62. The summed E-state index contributed by atoms with van der Waals surface area (Å²) >= 11 is 3.27. The Kier molecular flexibility index (Phi) is 4.54. The second-order valence-corrected chi connectivity index (χ2v) is 5.53. The highest BCUT2D eigenvalue weighted by Crippen LogP contribution is 2.19. The normalized spacial score (nSPS) is 24.9. The molecule has 1 fully saturated rings. The number of halogens is 2. The van der Waals surface area contributed by atoms with Gasteiger partial charge in [0, 0.05) is 17.1 Å². The van der Waals surface area contributed by atoms with E-state index in [9.17, 15) is 9.50 Å². The molecule has 2 nitrogen and oxygen atoms in total. The summed E-state index contributed by atoms with van der Waals surface area (Å²) in [5.41, 5.74) is 0.898. The number of hydrogen-bond donors (Lipinski definition) is 2. The lowest BCUT2D eigenvalue weighted by atomic mass is 9.92. The molecule has 1 aliphatic carbocycles. The largest absolute Gasteiger partial charge is 0.392 e. The van der Waals surface area contributed by atoms with E-state index < -0.39 is 0 Å². The lowest BCUT2D eigenvalue weighted by molar-refractivity contribution is 0.0902. The van der Waals surface area contributed by atoms with Crippen LogP contribution in [0, 0.1) is 5.82 Å². The summed E-state index contributed by atoms with van der Waals surface area (Å²) in [5.74, 6) is -0.236. The summed E-state index contributed by atoms with van der Waals surface area (Å²) in [7, 11) is 0. The van der Waals surface area contributed by atoms with Crippen molar-refractivity contribution in [1.29, 1.82) is 0 Å². The molecule has 1 saturated carbocycles. The minimum atomic E-state index is -0.263. The lowest BCUT2D eigenvalue weighted by Crippen LogP contribution is -2.41. The second kappa shape index (κ2) is 5.94. The van der Waals surface area contributed by atoms with Gasteiger partial charge in [0.2, 0.25) is 0 Å². The Labute approximate surface area is 109 Å². The zero-order valence-electron chi connectivity index (χ0n) is 9.63. The van der Waals surface area contributed by atoms with E-state index in [-0.39, 0.29) is 18.0 Å². The van der Waals surface area contributed by atoms with E-state index in [1.807, 2.05) is 6.07 Å². The van der Waals surface area contributed by atoms with E-state index in [0.717, 1.165) is 35.7 Å². The minimum absolute atomic E-state index is 0.144. The van der Waals surface area contributed by atoms with Gasteiger partial charge < -0.3 is 10.4 Å². The number of benzene rings is 1. The Morgan fingerprint density at radius 2 is 2.06 bits per heavy atom. The molecule has 0 spiro atoms. The Morgan fingerprint density at radius 3 is 2.76 bits per heavy atom. The number of aliphatic hydroxyl groups excluding tert-OH is 1. The van der Waals surface area contributed by atoms with Gasteiger partial charge in [-0.15, -0.1) is 0 Å². The third-order valence-corrected chi connectivity index (χ3v) is 3.68. The molecule has 94 valence electrons. The van der Waals surface area contributed by atoms with E-state index in [0.29, 0.717) is 6.54 Å². The quantitative estimate of drug-likeness (QED) is 0.899. The molecule has 0 amide bonds. The van der Waals surface area contributed by atoms with Crippen molar-refractivity contribution in [3.8, 4) is 0 Å². The summed E-state index contributed by atoms with van der Waals surface area (Å²) < 4.78 is 13.9. The summed E-state index contributed by atoms with van der Waals surface area (Å²) in [6.07, 6.45) is 3.86. The van der Waals surface area contributed by atoms with Crippen molar-refractivity contribution in [3.63, 3.8) is 0 Å². The van der Waals surface area contributed by atoms with Crippen LogP contribution >= 0.6 is 15.9 Å². The van der Waals surface area contributed by atoms with Crippen LogP contribution in [0.5, 0.6) is 0 Å². The van der Waals surface area contributed by atoms with E-state index >= 15 is 0 Å². The van der Waals surface area contributed by atoms with Gasteiger partial charge in [-0.2, -0.15) is 0 Å². The van der Waals surface area contributed by atoms with Crippen molar-refractivity contribution in [2.24, 2.45) is 0 Å². The van der Waals surface area contributed by atoms with Gasteiger partial charge in [-0.3, -0.25) is 0 Å². The van der Waals surface area contributed by atoms with Gasteiger partial charge in [0.05, 0.1) is 6.10 Å². The zero-order chi connectivity index (χ0) is 12.3. The number of rotatable bonds is 3. The SMILES string of the molecule is OC1CCCCC1NCc1cc(F)cc(Br)c1. The Bertz CT molecular complexity index is 365. The van der Waals surface area contributed by atoms with Crippen molar-refractivity contribution >= 4 is 15.9 Å². The van der Waals surface area contributed by atoms with Crippen LogP contribution in [0.2, 0.25) is 0 Å². The van der Waals surface area contributed by atoms with Crippen LogP contribution in [0.4, 0.5) is 4.39 Å². The standard InChI is InChI=1S/C13H17BrFNO/c14-10-5-9(6-11(15)7-10)8-16-12-3-1-2-4-13(12)17/h5-7,12-13,16-17H,1-4,8H2. The molecule has 0 heterocycles. The fraction of sp³-hybridized carbons (Fsp3) is 0.538. The molecule has 2 rings (SSSR count). The molecule has 0 aliphatic heterocycles. The van der Waals surface area contributed by atoms with Gasteiger partial charge in [0.25, 0.3) is 0 Å². The first-order valence-electron chi connectivity index (χ1n) is 6.01. The van der Waals surface area contributed by atoms with Gasteiger partial charge in [0.1, 0.15) is 5.82 Å². The van der Waals surface area contributed by atoms with Crippen LogP contribution < -0.4 is 5.32 Å². The van der Waals surface area contributed by atoms with E-state index in [1.54, 1.807) is 0 Å². The predicted molar refractivity (Wildman–Crippen MR) is 69.2 cm³/mol. The summed E-state index contributed by atoms with van der Waals surface area (Å²) in [6, 6.07) is 5.00. The molecule has 17 heavy (non-hydrogen) atoms. The van der Waals surface area contributed by atoms with Gasteiger partial charge in [-0.25, -0.2) is 4.39 Å². The molecule has 0 bridgehead atoms. The van der Waals surface area contributed by atoms with Crippen LogP contribution in [0.1, 0.15) is 31.2 Å². The van der Waals surface area contributed by atoms with Crippen LogP contribution in [0.3, 0.4) is 0 Å². The number of hydrogen-bond acceptors (Lipinski definition) is 2. The maximum absolute atomic E-state index is 13.2. The molecule has 0 aromatic heterocycles. The maximum Gasteiger partial charge on any atom is 0.124 e. The van der Waals surface area contributed by atoms with Crippen molar-refractivity contribution < 1.29 is 9.50 Å². The van der Waals surface area contributed by atoms with Crippen molar-refractivity contribution in [2.45, 2.75) is 44.4 Å². The summed E-state index contributed by atoms with van der Waals surface area (Å²) in [6.45, 7) is 0.595. The molecule has 1 aliphatic rings. The predicted octanol–water partition coefficient (Wildman–Crippen LogP) is 2.98. The Hall–Kier alpha value is -0.450. The highest BCUT2D eigenvalue weighted by molar-refractivity contribution is 9.10. The monoisotopic (exact) mass is 301 g/mol. The molecule has 4 heteroatoms. The fourth-order valence-electron chi connectivity index (χ4n) is 2.31. The molecule has 0 saturated heterocycles. The number of nitrogens with one attached hydrogen (secondary N) is 1. The Morgan fingerprint density at radius 1 is 1.29 bits per heavy atom. The topological polar surface area (TPSA) is 32.3 Å². The van der Waals surface area contributed by atoms with Crippen LogP contribution in [-0.2, 0) is 6.54 Å². The van der Waals surface area contributed by atoms with Gasteiger partial charge in [-0.1, -0.05) is 28.8 Å². The van der Waals surface area contributed by atoms with Crippen LogP contribution in [-0.4, -0.2) is 17.3 Å². The molecule has 2 N–H and O–H groups in total. The first kappa shape index (κ1) is 13.0. The van der Waals surface area contributed by atoms with Crippen molar-refractivity contribution in [3.05, 3.63) is 34.1 Å². The smallest absolute Gasteiger partial charge is 0.124 e. The van der Waals surface area contributed by atoms with Gasteiger partial charge in [-0.05, 0) is 36.6 Å². The molecular weight excluding hydrogens is 285 g/mol. The molecule has 1 aromatic carbocycles. The third kappa shape index (κ3) is 3.76. The Balaban J connectivity index is 1.92. The number of aliphatic hydroxyl groups is 1. The van der Waals surface area contributed by atoms with Gasteiger partial charge >= 0.3 is 0 Å². The van der Waals surface area contributed by atoms with Gasteiger partial charge in [0.15, 0.2) is 0 Å². The van der Waals surface area contributed by atoms with Crippen LogP contribution in [0.15, 0.2) is 22.7 Å². The maximum atomic E-state index is 13.2. The third-order valence-electron chi connectivity index (χ3n) is 3.22. The average Bonchev–Trinajstić information content (AvgIpc) is 2.27. The van der Waals surface area contributed by atoms with E-state index in [4.69, 9.17) is 0 Å². The van der Waals surface area contributed by atoms with Crippen LogP contribution in [0.25, 0.3) is 0 Å². The minimum Gasteiger partial charge on any atom is -0.392 e. The first-order valence-corrected chi connectivity index (χ1v) is 6.81. The summed E-state index contributed by atoms with van der Waals surface area (Å²) in [4.78, 5) is 0. The van der Waals surface area contributed by atoms with Crippen molar-refractivity contribution in [1.82, 2.24) is 5.32 Å². The molecular formula is C13H17BrFNO. The molecule has 2 unspecified atom stereocenters. The molecule has 1 aromatic rings.